The van der Waals surface area contributed by atoms with Gasteiger partial charge in [-0.05, 0) is 42.5 Å². The van der Waals surface area contributed by atoms with Crippen LogP contribution < -0.4 is 16.6 Å². The molecule has 0 aliphatic heterocycles. The fraction of sp³-hybridized carbons (Fsp3) is 0.0417. The molecule has 1 aromatic heterocycles. The van der Waals surface area contributed by atoms with Gasteiger partial charge in [0.2, 0.25) is 15.9 Å². The van der Waals surface area contributed by atoms with Crippen LogP contribution in [0.5, 0.6) is 0 Å². The van der Waals surface area contributed by atoms with Crippen LogP contribution in [-0.2, 0) is 10.0 Å². The zero-order valence-electron chi connectivity index (χ0n) is 19.2. The summed E-state index contributed by atoms with van der Waals surface area (Å²) in [6.07, 6.45) is 0. The third kappa shape index (κ3) is 10.7. The molecule has 0 saturated carbocycles. The van der Waals surface area contributed by atoms with Gasteiger partial charge in [0.15, 0.2) is 5.76 Å². The summed E-state index contributed by atoms with van der Waals surface area (Å²) in [6, 6.07) is 19.4. The molecule has 0 aliphatic rings. The molecule has 10 nitrogen and oxygen atoms in total. The lowest BCUT2D eigenvalue weighted by atomic mass is 10.1. The van der Waals surface area contributed by atoms with Gasteiger partial charge in [-0.3, -0.25) is 9.59 Å². The SMILES string of the molecule is C.NC(=O)S.NC(=O)S.NS(=O)(=O)c1ccccc1-c1oc(-c2ccccc2)nc1-c1ccc(F)c(Cl)c1.O. The first-order valence-electron chi connectivity index (χ1n) is 9.92. The lowest BCUT2D eigenvalue weighted by Crippen LogP contribution is -2.13. The number of hydrogen-bond donors (Lipinski definition) is 5. The van der Waals surface area contributed by atoms with Crippen molar-refractivity contribution < 1.29 is 32.3 Å². The van der Waals surface area contributed by atoms with E-state index >= 15 is 0 Å². The Kier molecular flexibility index (Phi) is 14.5. The molecule has 15 heteroatoms. The molecule has 0 spiro atoms. The van der Waals surface area contributed by atoms with E-state index in [9.17, 15) is 12.8 Å². The van der Waals surface area contributed by atoms with Crippen LogP contribution >= 0.6 is 36.9 Å². The molecule has 0 radical (unpaired) electrons. The molecular formula is C24H26ClFN4O6S3. The molecule has 0 aliphatic carbocycles. The lowest BCUT2D eigenvalue weighted by Gasteiger charge is -2.07. The number of nitrogens with two attached hydrogens (primary N) is 3. The summed E-state index contributed by atoms with van der Waals surface area (Å²) in [7, 11) is -4.02. The third-order valence-electron chi connectivity index (χ3n) is 4.28. The highest BCUT2D eigenvalue weighted by Gasteiger charge is 2.24. The van der Waals surface area contributed by atoms with Crippen molar-refractivity contribution in [1.82, 2.24) is 4.98 Å². The fourth-order valence-corrected chi connectivity index (χ4v) is 3.86. The number of rotatable bonds is 4. The summed E-state index contributed by atoms with van der Waals surface area (Å²) in [4.78, 5) is 22.6. The van der Waals surface area contributed by atoms with Crippen LogP contribution in [-0.4, -0.2) is 29.4 Å². The highest BCUT2D eigenvalue weighted by atomic mass is 35.5. The Morgan fingerprint density at radius 3 is 1.92 bits per heavy atom. The van der Waals surface area contributed by atoms with Crippen LogP contribution in [0.25, 0.3) is 34.0 Å². The molecule has 4 aromatic rings. The monoisotopic (exact) mass is 616 g/mol. The van der Waals surface area contributed by atoms with E-state index in [1.54, 1.807) is 18.2 Å². The van der Waals surface area contributed by atoms with Crippen molar-refractivity contribution in [2.75, 3.05) is 0 Å². The molecule has 1 heterocycles. The molecule has 2 amide bonds. The summed E-state index contributed by atoms with van der Waals surface area (Å²) in [5.74, 6) is -0.106. The molecular weight excluding hydrogens is 591 g/mol. The number of benzene rings is 3. The van der Waals surface area contributed by atoms with E-state index in [4.69, 9.17) is 30.7 Å². The van der Waals surface area contributed by atoms with Gasteiger partial charge in [0.25, 0.3) is 10.5 Å². The molecule has 210 valence electrons. The molecule has 0 fully saturated rings. The number of primary amides is 2. The summed E-state index contributed by atoms with van der Waals surface area (Å²) in [6.45, 7) is 0. The second-order valence-electron chi connectivity index (χ2n) is 6.91. The number of aromatic nitrogens is 1. The van der Waals surface area contributed by atoms with Crippen molar-refractivity contribution in [1.29, 1.82) is 0 Å². The number of hydrogen-bond acceptors (Lipinski definition) is 6. The van der Waals surface area contributed by atoms with Crippen molar-refractivity contribution in [2.24, 2.45) is 16.6 Å². The van der Waals surface area contributed by atoms with Crippen LogP contribution in [0.15, 0.2) is 82.1 Å². The van der Waals surface area contributed by atoms with E-state index in [0.29, 0.717) is 16.8 Å². The highest BCUT2D eigenvalue weighted by Crippen LogP contribution is 2.39. The molecule has 39 heavy (non-hydrogen) atoms. The first kappa shape index (κ1) is 35.6. The molecule has 8 N–H and O–H groups in total. The summed E-state index contributed by atoms with van der Waals surface area (Å²) >= 11 is 12.2. The van der Waals surface area contributed by atoms with Crippen molar-refractivity contribution in [2.45, 2.75) is 12.3 Å². The molecule has 4 rings (SSSR count). The number of halogens is 2. The Morgan fingerprint density at radius 2 is 1.41 bits per heavy atom. The summed E-state index contributed by atoms with van der Waals surface area (Å²) in [5, 5.41) is 4.02. The maximum absolute atomic E-state index is 13.7. The number of primary sulfonamides is 1. The number of amides is 2. The van der Waals surface area contributed by atoms with Crippen molar-refractivity contribution in [3.63, 3.8) is 0 Å². The van der Waals surface area contributed by atoms with Gasteiger partial charge in [-0.2, -0.15) is 0 Å². The van der Waals surface area contributed by atoms with Gasteiger partial charge in [0.1, 0.15) is 11.5 Å². The van der Waals surface area contributed by atoms with Gasteiger partial charge in [0, 0.05) is 16.7 Å². The van der Waals surface area contributed by atoms with Crippen LogP contribution in [0.3, 0.4) is 0 Å². The van der Waals surface area contributed by atoms with Gasteiger partial charge in [-0.15, -0.1) is 0 Å². The van der Waals surface area contributed by atoms with E-state index < -0.39 is 26.3 Å². The van der Waals surface area contributed by atoms with E-state index in [-0.39, 0.29) is 40.0 Å². The maximum Gasteiger partial charge on any atom is 0.273 e. The molecule has 3 aromatic carbocycles. The molecule has 0 bridgehead atoms. The number of carbonyl (C=O) groups is 2. The minimum atomic E-state index is -4.02. The van der Waals surface area contributed by atoms with Crippen molar-refractivity contribution in [3.05, 3.63) is 83.6 Å². The maximum atomic E-state index is 13.7. The average Bonchev–Trinajstić information content (AvgIpc) is 3.26. The topological polar surface area (TPSA) is 204 Å². The number of thiol groups is 2. The van der Waals surface area contributed by atoms with Gasteiger partial charge >= 0.3 is 0 Å². The Balaban J connectivity index is 0.00000128. The van der Waals surface area contributed by atoms with Crippen molar-refractivity contribution in [3.8, 4) is 34.0 Å². The standard InChI is InChI=1S/C21H14ClFN2O3S.2CH3NOS.CH4.H2O/c22-16-12-14(10-11-17(16)23)19-20(15-8-4-5-9-18(15)29(24,26)27)28-21(25-19)13-6-2-1-3-7-13;2*2-1(3)4;;/h1-12H,(H2,24,26,27);2*(H3,2,3,4);1H4;1H2. The minimum absolute atomic E-state index is 0. The van der Waals surface area contributed by atoms with Crippen LogP contribution in [0.2, 0.25) is 5.02 Å². The Labute approximate surface area is 240 Å². The van der Waals surface area contributed by atoms with Gasteiger partial charge in [0.05, 0.1) is 9.92 Å². The number of oxazole rings is 1. The van der Waals surface area contributed by atoms with Crippen LogP contribution in [0, 0.1) is 5.82 Å². The predicted octanol–water partition coefficient (Wildman–Crippen LogP) is 4.92. The first-order chi connectivity index (χ1) is 17.3. The molecule has 0 unspecified atom stereocenters. The molecule has 0 saturated heterocycles. The summed E-state index contributed by atoms with van der Waals surface area (Å²) < 4.78 is 43.8. The number of sulfonamides is 1. The average molecular weight is 617 g/mol. The van der Waals surface area contributed by atoms with E-state index in [1.165, 1.54) is 24.3 Å². The highest BCUT2D eigenvalue weighted by molar-refractivity contribution is 7.96. The minimum Gasteiger partial charge on any atom is -0.435 e. The second-order valence-corrected chi connectivity index (χ2v) is 9.73. The van der Waals surface area contributed by atoms with Gasteiger partial charge in [-0.25, -0.2) is 22.9 Å². The molecule has 0 atom stereocenters. The lowest BCUT2D eigenvalue weighted by molar-refractivity contribution is 0.266. The van der Waals surface area contributed by atoms with Crippen LogP contribution in [0.4, 0.5) is 14.0 Å². The van der Waals surface area contributed by atoms with Crippen molar-refractivity contribution >= 4 is 57.4 Å². The normalized spacial score (nSPS) is 9.87. The van der Waals surface area contributed by atoms with E-state index in [2.05, 4.69) is 41.7 Å². The smallest absolute Gasteiger partial charge is 0.273 e. The Bertz CT molecular complexity index is 1500. The fourth-order valence-electron chi connectivity index (χ4n) is 2.95. The number of nitrogens with zero attached hydrogens (tertiary/aromatic N) is 1. The predicted molar refractivity (Wildman–Crippen MR) is 157 cm³/mol. The Hall–Kier alpha value is -3.40. The van der Waals surface area contributed by atoms with E-state index in [1.807, 2.05) is 30.3 Å². The summed E-state index contributed by atoms with van der Waals surface area (Å²) in [5.41, 5.74) is 10.4. The van der Waals surface area contributed by atoms with E-state index in [0.717, 1.165) is 0 Å². The quantitative estimate of drug-likeness (QED) is 0.201. The first-order valence-corrected chi connectivity index (χ1v) is 12.7. The largest absolute Gasteiger partial charge is 0.435 e. The van der Waals surface area contributed by atoms with Gasteiger partial charge < -0.3 is 21.4 Å². The Morgan fingerprint density at radius 1 is 0.897 bits per heavy atom. The third-order valence-corrected chi connectivity index (χ3v) is 5.54. The zero-order valence-corrected chi connectivity index (χ0v) is 22.6. The zero-order chi connectivity index (χ0) is 27.8. The van der Waals surface area contributed by atoms with Gasteiger partial charge in [-0.1, -0.05) is 74.6 Å². The van der Waals surface area contributed by atoms with Crippen LogP contribution in [0.1, 0.15) is 7.43 Å². The second kappa shape index (κ2) is 15.9. The number of carbonyl (C=O) groups excluding carboxylic acids is 2.